The van der Waals surface area contributed by atoms with Gasteiger partial charge in [0.1, 0.15) is 23.9 Å². The molecule has 35 heavy (non-hydrogen) atoms. The summed E-state index contributed by atoms with van der Waals surface area (Å²) in [6.07, 6.45) is 0.0418. The van der Waals surface area contributed by atoms with Gasteiger partial charge in [0, 0.05) is 35.3 Å². The minimum Gasteiger partial charge on any atom is -0.493 e. The van der Waals surface area contributed by atoms with Crippen LogP contribution in [-0.2, 0) is 4.79 Å². The molecule has 3 aromatic carbocycles. The highest BCUT2D eigenvalue weighted by Gasteiger charge is 2.30. The first-order valence-corrected chi connectivity index (χ1v) is 11.5. The SMILES string of the molecule is CCN(c1ccc(C#N)cc1F)c1cccc2c1OC[C@H]2Nc1ccc2c(c1)OC[C@H]2CC(=O)O. The van der Waals surface area contributed by atoms with E-state index in [1.807, 2.05) is 54.3 Å². The molecule has 2 atom stereocenters. The van der Waals surface area contributed by atoms with Crippen LogP contribution >= 0.6 is 0 Å². The maximum Gasteiger partial charge on any atom is 0.304 e. The van der Waals surface area contributed by atoms with Crippen molar-refractivity contribution < 1.29 is 23.8 Å². The molecule has 0 bridgehead atoms. The van der Waals surface area contributed by atoms with Crippen LogP contribution in [-0.4, -0.2) is 30.8 Å². The van der Waals surface area contributed by atoms with Crippen LogP contribution in [0.5, 0.6) is 11.5 Å². The van der Waals surface area contributed by atoms with Crippen LogP contribution in [0.1, 0.15) is 42.0 Å². The first-order chi connectivity index (χ1) is 17.0. The Labute approximate surface area is 202 Å². The molecule has 0 fully saturated rings. The number of nitrogens with zero attached hydrogens (tertiary/aromatic N) is 2. The highest BCUT2D eigenvalue weighted by Crippen LogP contribution is 2.45. The summed E-state index contributed by atoms with van der Waals surface area (Å²) in [6.45, 7) is 3.21. The molecule has 0 radical (unpaired) electrons. The second-order valence-electron chi connectivity index (χ2n) is 8.58. The lowest BCUT2D eigenvalue weighted by Gasteiger charge is -2.25. The molecule has 0 amide bonds. The lowest BCUT2D eigenvalue weighted by atomic mass is 9.97. The van der Waals surface area contributed by atoms with E-state index < -0.39 is 11.8 Å². The zero-order valence-corrected chi connectivity index (χ0v) is 19.1. The number of halogens is 1. The summed E-state index contributed by atoms with van der Waals surface area (Å²) in [7, 11) is 0. The zero-order valence-electron chi connectivity index (χ0n) is 19.1. The van der Waals surface area contributed by atoms with Gasteiger partial charge in [-0.25, -0.2) is 4.39 Å². The molecule has 2 heterocycles. The Bertz CT molecular complexity index is 1340. The number of carboxylic acid groups (broad SMARTS) is 1. The van der Waals surface area contributed by atoms with Crippen molar-refractivity contribution >= 4 is 23.0 Å². The molecule has 0 spiro atoms. The average Bonchev–Trinajstić information content (AvgIpc) is 3.44. The van der Waals surface area contributed by atoms with Gasteiger partial charge in [0.25, 0.3) is 0 Å². The smallest absolute Gasteiger partial charge is 0.304 e. The van der Waals surface area contributed by atoms with E-state index in [2.05, 4.69) is 5.32 Å². The summed E-state index contributed by atoms with van der Waals surface area (Å²) in [4.78, 5) is 12.9. The third kappa shape index (κ3) is 4.21. The summed E-state index contributed by atoms with van der Waals surface area (Å²) < 4.78 is 26.6. The Morgan fingerprint density at radius 2 is 2.00 bits per heavy atom. The monoisotopic (exact) mass is 473 g/mol. The van der Waals surface area contributed by atoms with Crippen LogP contribution in [0, 0.1) is 17.1 Å². The van der Waals surface area contributed by atoms with Gasteiger partial charge in [-0.15, -0.1) is 0 Å². The molecule has 178 valence electrons. The Hall–Kier alpha value is -4.25. The van der Waals surface area contributed by atoms with Gasteiger partial charge in [-0.2, -0.15) is 5.26 Å². The number of aliphatic carboxylic acids is 1. The minimum absolute atomic E-state index is 0.0418. The molecule has 2 N–H and O–H groups in total. The van der Waals surface area contributed by atoms with Crippen molar-refractivity contribution in [2.75, 3.05) is 30.0 Å². The van der Waals surface area contributed by atoms with Crippen LogP contribution in [0.4, 0.5) is 21.5 Å². The number of nitrogens with one attached hydrogen (secondary N) is 1. The van der Waals surface area contributed by atoms with E-state index in [1.54, 1.807) is 12.1 Å². The lowest BCUT2D eigenvalue weighted by Crippen LogP contribution is -2.18. The fourth-order valence-electron chi connectivity index (χ4n) is 4.78. The standard InChI is InChI=1S/C27H24FN3O4/c1-2-31(23-9-6-16(13-29)10-21(23)28)24-5-3-4-20-22(15-35-27(20)24)30-18-7-8-19-17(11-26(32)33)14-34-25(19)12-18/h3-10,12,17,22,30H,2,11,14-15H2,1H3,(H,32,33)/t17-,22-/m1/s1. The number of ether oxygens (including phenoxy) is 2. The molecule has 0 saturated heterocycles. The average molecular weight is 474 g/mol. The second-order valence-corrected chi connectivity index (χ2v) is 8.58. The van der Waals surface area contributed by atoms with E-state index in [-0.39, 0.29) is 23.9 Å². The van der Waals surface area contributed by atoms with Crippen molar-refractivity contribution in [1.82, 2.24) is 0 Å². The van der Waals surface area contributed by atoms with Crippen molar-refractivity contribution in [3.8, 4) is 17.6 Å². The topological polar surface area (TPSA) is 94.8 Å². The number of benzene rings is 3. The van der Waals surface area contributed by atoms with Gasteiger partial charge in [-0.3, -0.25) is 4.79 Å². The second kappa shape index (κ2) is 9.18. The largest absolute Gasteiger partial charge is 0.493 e. The Balaban J connectivity index is 1.40. The number of fused-ring (bicyclic) bond motifs is 2. The molecule has 2 aliphatic heterocycles. The number of anilines is 3. The molecular weight excluding hydrogens is 449 g/mol. The lowest BCUT2D eigenvalue weighted by molar-refractivity contribution is -0.137. The van der Waals surface area contributed by atoms with E-state index in [4.69, 9.17) is 19.8 Å². The third-order valence-corrected chi connectivity index (χ3v) is 6.42. The first-order valence-electron chi connectivity index (χ1n) is 11.5. The van der Waals surface area contributed by atoms with Crippen molar-refractivity contribution in [3.63, 3.8) is 0 Å². The summed E-state index contributed by atoms with van der Waals surface area (Å²) in [5, 5.41) is 21.6. The number of hydrogen-bond acceptors (Lipinski definition) is 6. The van der Waals surface area contributed by atoms with Crippen molar-refractivity contribution in [2.24, 2.45) is 0 Å². The summed E-state index contributed by atoms with van der Waals surface area (Å²) in [5.74, 6) is -0.0591. The van der Waals surface area contributed by atoms with E-state index >= 15 is 0 Å². The van der Waals surface area contributed by atoms with Gasteiger partial charge in [-0.1, -0.05) is 18.2 Å². The molecule has 8 heteroatoms. The fraction of sp³-hybridized carbons (Fsp3) is 0.259. The van der Waals surface area contributed by atoms with E-state index in [1.165, 1.54) is 6.07 Å². The van der Waals surface area contributed by atoms with Crippen LogP contribution < -0.4 is 19.7 Å². The van der Waals surface area contributed by atoms with Crippen molar-refractivity contribution in [2.45, 2.75) is 25.3 Å². The molecule has 0 aliphatic carbocycles. The van der Waals surface area contributed by atoms with E-state index in [0.717, 1.165) is 22.5 Å². The molecular formula is C27H24FN3O4. The molecule has 7 nitrogen and oxygen atoms in total. The Kier molecular flexibility index (Phi) is 5.91. The zero-order chi connectivity index (χ0) is 24.5. The maximum atomic E-state index is 14.8. The van der Waals surface area contributed by atoms with Gasteiger partial charge >= 0.3 is 5.97 Å². The third-order valence-electron chi connectivity index (χ3n) is 6.42. The summed E-state index contributed by atoms with van der Waals surface area (Å²) in [5.41, 5.74) is 4.12. The van der Waals surface area contributed by atoms with Crippen LogP contribution in [0.25, 0.3) is 0 Å². The number of hydrogen-bond donors (Lipinski definition) is 2. The molecule has 2 aliphatic rings. The predicted octanol–water partition coefficient (Wildman–Crippen LogP) is 5.35. The number of carboxylic acids is 1. The van der Waals surface area contributed by atoms with Crippen molar-refractivity contribution in [3.05, 3.63) is 77.1 Å². The summed E-state index contributed by atoms with van der Waals surface area (Å²) in [6, 6.07) is 17.8. The molecule has 0 saturated carbocycles. The number of nitriles is 1. The Morgan fingerprint density at radius 1 is 1.14 bits per heavy atom. The van der Waals surface area contributed by atoms with Gasteiger partial charge in [0.2, 0.25) is 0 Å². The van der Waals surface area contributed by atoms with E-state index in [0.29, 0.717) is 36.9 Å². The number of carbonyl (C=O) groups is 1. The highest BCUT2D eigenvalue weighted by atomic mass is 19.1. The highest BCUT2D eigenvalue weighted by molar-refractivity contribution is 5.73. The van der Waals surface area contributed by atoms with Crippen LogP contribution in [0.3, 0.4) is 0 Å². The Morgan fingerprint density at radius 3 is 2.74 bits per heavy atom. The van der Waals surface area contributed by atoms with Gasteiger partial charge in [0.05, 0.1) is 42.1 Å². The quantitative estimate of drug-likeness (QED) is 0.478. The van der Waals surface area contributed by atoms with E-state index in [9.17, 15) is 9.18 Å². The fourth-order valence-corrected chi connectivity index (χ4v) is 4.78. The summed E-state index contributed by atoms with van der Waals surface area (Å²) >= 11 is 0. The molecule has 0 aromatic heterocycles. The number of para-hydroxylation sites is 1. The number of rotatable bonds is 7. The van der Waals surface area contributed by atoms with Gasteiger partial charge in [0.15, 0.2) is 0 Å². The van der Waals surface area contributed by atoms with Crippen LogP contribution in [0.2, 0.25) is 0 Å². The minimum atomic E-state index is -0.842. The van der Waals surface area contributed by atoms with Gasteiger partial charge < -0.3 is 24.8 Å². The maximum absolute atomic E-state index is 14.8. The molecule has 5 rings (SSSR count). The normalized spacial score (nSPS) is 17.5. The first kappa shape index (κ1) is 22.5. The molecule has 3 aromatic rings. The predicted molar refractivity (Wildman–Crippen MR) is 129 cm³/mol. The van der Waals surface area contributed by atoms with Crippen molar-refractivity contribution in [1.29, 1.82) is 5.26 Å². The van der Waals surface area contributed by atoms with Crippen LogP contribution in [0.15, 0.2) is 54.6 Å². The van der Waals surface area contributed by atoms with Gasteiger partial charge in [-0.05, 0) is 37.3 Å². The molecule has 0 unspecified atom stereocenters.